The smallest absolute Gasteiger partial charge is 0.0367 e. The van der Waals surface area contributed by atoms with E-state index in [1.54, 1.807) is 0 Å². The Bertz CT molecular complexity index is 710. The first kappa shape index (κ1) is 15.8. The molecule has 0 saturated heterocycles. The van der Waals surface area contributed by atoms with Gasteiger partial charge in [0.25, 0.3) is 0 Å². The monoisotopic (exact) mass is 356 g/mol. The predicted molar refractivity (Wildman–Crippen MR) is 100 cm³/mol. The highest BCUT2D eigenvalue weighted by Crippen LogP contribution is 2.50. The van der Waals surface area contributed by atoms with Crippen molar-refractivity contribution in [1.82, 2.24) is 0 Å². The molecule has 0 amide bonds. The van der Waals surface area contributed by atoms with Crippen LogP contribution in [0.4, 0.5) is 0 Å². The van der Waals surface area contributed by atoms with Crippen molar-refractivity contribution in [2.75, 3.05) is 0 Å². The Kier molecular flexibility index (Phi) is 3.97. The third-order valence-corrected chi connectivity index (χ3v) is 5.89. The molecule has 2 unspecified atom stereocenters. The minimum absolute atomic E-state index is 0.0893. The van der Waals surface area contributed by atoms with Crippen LogP contribution in [0.25, 0.3) is 11.1 Å². The Hall–Kier alpha value is -1.08. The first-order chi connectivity index (χ1) is 10.4. The number of hydrogen-bond donors (Lipinski definition) is 0. The first-order valence-corrected chi connectivity index (χ1v) is 9.21. The molecule has 0 N–H and O–H groups in total. The lowest BCUT2D eigenvalue weighted by atomic mass is 9.80. The van der Waals surface area contributed by atoms with Gasteiger partial charge in [-0.15, -0.1) is 0 Å². The molecule has 0 radical (unpaired) electrons. The van der Waals surface area contributed by atoms with Crippen molar-refractivity contribution in [2.45, 2.75) is 57.2 Å². The first-order valence-electron chi connectivity index (χ1n) is 8.29. The highest BCUT2D eigenvalue weighted by atomic mass is 79.9. The summed E-state index contributed by atoms with van der Waals surface area (Å²) in [7, 11) is 0. The van der Waals surface area contributed by atoms with Gasteiger partial charge in [-0.25, -0.2) is 0 Å². The number of hydrogen-bond acceptors (Lipinski definition) is 0. The molecule has 2 aromatic rings. The highest BCUT2D eigenvalue weighted by Gasteiger charge is 2.35. The standard InChI is InChI=1S/C21H25Br/c1-6-13(2)15-7-9-17-18-10-8-16(14(3)22)12-20(18)21(4,5)19(17)11-15/h7-14H,6H2,1-5H3. The molecular formula is C21H25Br. The predicted octanol–water partition coefficient (Wildman–Crippen LogP) is 6.96. The Labute approximate surface area is 143 Å². The maximum atomic E-state index is 3.70. The lowest BCUT2D eigenvalue weighted by molar-refractivity contribution is 0.654. The molecule has 3 rings (SSSR count). The van der Waals surface area contributed by atoms with Gasteiger partial charge < -0.3 is 0 Å². The zero-order valence-corrected chi connectivity index (χ0v) is 15.8. The molecule has 0 aliphatic heterocycles. The van der Waals surface area contributed by atoms with E-state index in [-0.39, 0.29) is 5.41 Å². The van der Waals surface area contributed by atoms with Gasteiger partial charge in [0.1, 0.15) is 0 Å². The van der Waals surface area contributed by atoms with E-state index < -0.39 is 0 Å². The average Bonchev–Trinajstić information content (AvgIpc) is 2.74. The van der Waals surface area contributed by atoms with E-state index in [1.807, 2.05) is 0 Å². The van der Waals surface area contributed by atoms with Crippen LogP contribution < -0.4 is 0 Å². The van der Waals surface area contributed by atoms with Crippen LogP contribution in [0.5, 0.6) is 0 Å². The van der Waals surface area contributed by atoms with Gasteiger partial charge in [0.2, 0.25) is 0 Å². The number of rotatable bonds is 3. The van der Waals surface area contributed by atoms with E-state index in [2.05, 4.69) is 86.9 Å². The molecule has 0 nitrogen and oxygen atoms in total. The van der Waals surface area contributed by atoms with E-state index in [4.69, 9.17) is 0 Å². The van der Waals surface area contributed by atoms with Gasteiger partial charge in [0.15, 0.2) is 0 Å². The summed E-state index contributed by atoms with van der Waals surface area (Å²) >= 11 is 3.70. The molecule has 1 aliphatic rings. The van der Waals surface area contributed by atoms with Gasteiger partial charge in [-0.1, -0.05) is 80.0 Å². The van der Waals surface area contributed by atoms with Crippen molar-refractivity contribution < 1.29 is 0 Å². The van der Waals surface area contributed by atoms with Crippen LogP contribution in [0.1, 0.15) is 74.0 Å². The molecule has 0 fully saturated rings. The number of fused-ring (bicyclic) bond motifs is 3. The van der Waals surface area contributed by atoms with E-state index in [1.165, 1.54) is 39.8 Å². The van der Waals surface area contributed by atoms with Crippen LogP contribution >= 0.6 is 15.9 Å². The summed E-state index contributed by atoms with van der Waals surface area (Å²) in [6, 6.07) is 14.0. The van der Waals surface area contributed by atoms with Crippen LogP contribution in [0.15, 0.2) is 36.4 Å². The van der Waals surface area contributed by atoms with Gasteiger partial charge in [-0.3, -0.25) is 0 Å². The molecule has 0 heterocycles. The summed E-state index contributed by atoms with van der Waals surface area (Å²) in [5.41, 5.74) is 8.70. The number of benzene rings is 2. The molecule has 1 aliphatic carbocycles. The number of alkyl halides is 1. The fourth-order valence-electron chi connectivity index (χ4n) is 3.56. The van der Waals surface area contributed by atoms with Crippen molar-refractivity contribution in [1.29, 1.82) is 0 Å². The second kappa shape index (κ2) is 5.53. The Morgan fingerprint density at radius 3 is 1.91 bits per heavy atom. The fraction of sp³-hybridized carbons (Fsp3) is 0.429. The maximum absolute atomic E-state index is 3.70. The van der Waals surface area contributed by atoms with E-state index in [9.17, 15) is 0 Å². The third-order valence-electron chi connectivity index (χ3n) is 5.36. The third kappa shape index (κ3) is 2.34. The molecule has 116 valence electrons. The Balaban J connectivity index is 2.17. The van der Waals surface area contributed by atoms with Crippen LogP contribution in [0.2, 0.25) is 0 Å². The molecule has 22 heavy (non-hydrogen) atoms. The fourth-order valence-corrected chi connectivity index (χ4v) is 3.85. The van der Waals surface area contributed by atoms with E-state index in [0.717, 1.165) is 0 Å². The van der Waals surface area contributed by atoms with E-state index >= 15 is 0 Å². The zero-order chi connectivity index (χ0) is 16.1. The van der Waals surface area contributed by atoms with Gasteiger partial charge in [-0.05, 0) is 52.6 Å². The lowest BCUT2D eigenvalue weighted by Crippen LogP contribution is -2.15. The van der Waals surface area contributed by atoms with Crippen molar-refractivity contribution >= 4 is 15.9 Å². The molecule has 0 bridgehead atoms. The van der Waals surface area contributed by atoms with Crippen LogP contribution in [0.3, 0.4) is 0 Å². The summed E-state index contributed by atoms with van der Waals surface area (Å²) in [6.07, 6.45) is 1.19. The maximum Gasteiger partial charge on any atom is 0.0367 e. The minimum atomic E-state index is 0.0893. The minimum Gasteiger partial charge on any atom is -0.0842 e. The van der Waals surface area contributed by atoms with Gasteiger partial charge in [-0.2, -0.15) is 0 Å². The van der Waals surface area contributed by atoms with Gasteiger partial charge in [0.05, 0.1) is 0 Å². The molecule has 2 atom stereocenters. The normalized spacial score (nSPS) is 17.7. The average molecular weight is 357 g/mol. The van der Waals surface area contributed by atoms with Gasteiger partial charge >= 0.3 is 0 Å². The second-order valence-electron chi connectivity index (χ2n) is 7.16. The van der Waals surface area contributed by atoms with Crippen LogP contribution in [-0.2, 0) is 5.41 Å². The molecule has 0 saturated carbocycles. The molecule has 0 aromatic heterocycles. The van der Waals surface area contributed by atoms with Crippen LogP contribution in [-0.4, -0.2) is 0 Å². The van der Waals surface area contributed by atoms with Crippen molar-refractivity contribution in [2.24, 2.45) is 0 Å². The second-order valence-corrected chi connectivity index (χ2v) is 8.53. The number of halogens is 1. The highest BCUT2D eigenvalue weighted by molar-refractivity contribution is 9.09. The lowest BCUT2D eigenvalue weighted by Gasteiger charge is -2.23. The zero-order valence-electron chi connectivity index (χ0n) is 14.2. The van der Waals surface area contributed by atoms with Crippen molar-refractivity contribution in [3.05, 3.63) is 58.7 Å². The molecule has 2 aromatic carbocycles. The quantitative estimate of drug-likeness (QED) is 0.521. The molecular weight excluding hydrogens is 332 g/mol. The Morgan fingerprint density at radius 1 is 0.909 bits per heavy atom. The SMILES string of the molecule is CCC(C)c1ccc2c(c1)C(C)(C)c1cc(C(C)Br)ccc1-2. The van der Waals surface area contributed by atoms with E-state index in [0.29, 0.717) is 10.7 Å². The summed E-state index contributed by atoms with van der Waals surface area (Å²) in [5, 5.41) is 0. The molecule has 1 heteroatoms. The topological polar surface area (TPSA) is 0 Å². The summed E-state index contributed by atoms with van der Waals surface area (Å²) < 4.78 is 0. The largest absolute Gasteiger partial charge is 0.0842 e. The molecule has 0 spiro atoms. The summed E-state index contributed by atoms with van der Waals surface area (Å²) in [5.74, 6) is 0.628. The van der Waals surface area contributed by atoms with Crippen LogP contribution in [0, 0.1) is 0 Å². The van der Waals surface area contributed by atoms with Gasteiger partial charge in [0, 0.05) is 10.2 Å². The summed E-state index contributed by atoms with van der Waals surface area (Å²) in [4.78, 5) is 0.396. The summed E-state index contributed by atoms with van der Waals surface area (Å²) in [6.45, 7) is 11.5. The van der Waals surface area contributed by atoms with Crippen molar-refractivity contribution in [3.8, 4) is 11.1 Å². The van der Waals surface area contributed by atoms with Crippen molar-refractivity contribution in [3.63, 3.8) is 0 Å². The Morgan fingerprint density at radius 2 is 1.41 bits per heavy atom.